The molecule has 0 rings (SSSR count). The van der Waals surface area contributed by atoms with Crippen molar-refractivity contribution in [2.45, 2.75) is 0 Å². The van der Waals surface area contributed by atoms with Gasteiger partial charge in [0.25, 0.3) is 0 Å². The fourth-order valence-electron chi connectivity index (χ4n) is 0. The van der Waals surface area contributed by atoms with E-state index in [9.17, 15) is 0 Å². The molecule has 0 aliphatic heterocycles. The van der Waals surface area contributed by atoms with E-state index in [-0.39, 0.29) is 98.4 Å². The van der Waals surface area contributed by atoms with Crippen LogP contribution in [0.2, 0.25) is 0 Å². The summed E-state index contributed by atoms with van der Waals surface area (Å²) in [6.07, 6.45) is 0. The topological polar surface area (TPSA) is 80.9 Å². The first kappa shape index (κ1) is 22.6. The van der Waals surface area contributed by atoms with Crippen LogP contribution in [0, 0.1) is 35.6 Å². The van der Waals surface area contributed by atoms with Gasteiger partial charge in [-0.3, -0.25) is 0 Å². The van der Waals surface area contributed by atoms with Crippen LogP contribution in [-0.2, 0) is 18.1 Å². The average molecular weight is 374 g/mol. The molecule has 0 aliphatic rings. The molecular formula is H9AlLaO4SrTi. The summed E-state index contributed by atoms with van der Waals surface area (Å²) in [5.74, 6) is 0. The Bertz CT molecular complexity index is 31.5. The van der Waals surface area contributed by atoms with E-state index in [2.05, 4.69) is 0 Å². The van der Waals surface area contributed by atoms with Gasteiger partial charge in [0.05, 0.1) is 0 Å². The van der Waals surface area contributed by atoms with Crippen LogP contribution in [0.1, 0.15) is 0 Å². The number of hydrogen-bond acceptors (Lipinski definition) is 4. The summed E-state index contributed by atoms with van der Waals surface area (Å²) in [5, 5.41) is 0. The first-order chi connectivity index (χ1) is 2.00. The Morgan fingerprint density at radius 3 is 0.875 bits per heavy atom. The summed E-state index contributed by atoms with van der Waals surface area (Å²) < 4.78 is 29.5. The Kier molecular flexibility index (Phi) is 30.4. The predicted molar refractivity (Wildman–Crippen MR) is 27.4 cm³/mol. The van der Waals surface area contributed by atoms with Crippen molar-refractivity contribution < 1.29 is 68.5 Å². The molecule has 0 fully saturated rings. The van der Waals surface area contributed by atoms with Gasteiger partial charge in [-0.05, 0) is 0 Å². The Morgan fingerprint density at radius 2 is 0.875 bits per heavy atom. The normalized spacial score (nSPS) is 7.50. The molecule has 8 heteroatoms. The van der Waals surface area contributed by atoms with E-state index in [0.717, 1.165) is 0 Å². The molecule has 0 unspecified atom stereocenters. The van der Waals surface area contributed by atoms with Crippen molar-refractivity contribution in [3.05, 3.63) is 0 Å². The second-order valence-electron chi connectivity index (χ2n) is 0.600. The van der Waals surface area contributed by atoms with E-state index in [1.54, 1.807) is 0 Å². The molecule has 8 heavy (non-hydrogen) atoms. The summed E-state index contributed by atoms with van der Waals surface area (Å²) >= 11 is -5.00. The first-order valence-corrected chi connectivity index (χ1v) is 3.69. The average Bonchev–Trinajstić information content (AvgIpc) is 0.722. The summed E-state index contributed by atoms with van der Waals surface area (Å²) in [5.41, 5.74) is 0. The predicted octanol–water partition coefficient (Wildman–Crippen LogP) is -4.33. The molecular weight excluding hydrogens is 365 g/mol. The Morgan fingerprint density at radius 1 is 0.875 bits per heavy atom. The third-order valence-corrected chi connectivity index (χ3v) is 0. The third-order valence-electron chi connectivity index (χ3n) is 0. The number of hydrogen-bond donors (Lipinski definition) is 4. The second-order valence-corrected chi connectivity index (χ2v) is 2.47. The third kappa shape index (κ3) is 53.0. The molecule has 0 aromatic heterocycles. The summed E-state index contributed by atoms with van der Waals surface area (Å²) in [4.78, 5) is 0. The van der Waals surface area contributed by atoms with Gasteiger partial charge in [0.2, 0.25) is 0 Å². The minimum absolute atomic E-state index is 0. The van der Waals surface area contributed by atoms with Gasteiger partial charge in [-0.15, -0.1) is 0 Å². The summed E-state index contributed by atoms with van der Waals surface area (Å²) in [6.45, 7) is 0. The van der Waals surface area contributed by atoms with Crippen LogP contribution in [0.5, 0.6) is 0 Å². The standard InChI is InChI=1S/Al.La.4H2O.Sr.Ti.5H/h;;4*1H2;;;;;;;/q;;;;;;;+4;;;;;/p-4. The van der Waals surface area contributed by atoms with E-state index >= 15 is 0 Å². The molecule has 4 nitrogen and oxygen atoms in total. The van der Waals surface area contributed by atoms with Gasteiger partial charge < -0.3 is 0 Å². The monoisotopic (exact) mass is 375 g/mol. The zero-order valence-corrected chi connectivity index (χ0v) is 8.05. The van der Waals surface area contributed by atoms with Crippen molar-refractivity contribution in [1.29, 1.82) is 0 Å². The fraction of sp³-hybridized carbons (Fsp3) is 0. The quantitative estimate of drug-likeness (QED) is 0.323. The zero-order valence-electron chi connectivity index (χ0n) is 2.87. The molecule has 0 aromatic carbocycles. The molecule has 0 amide bonds. The minimum atomic E-state index is -5.00. The molecule has 45 valence electrons. The number of rotatable bonds is 0. The summed E-state index contributed by atoms with van der Waals surface area (Å²) in [6, 6.07) is 0. The van der Waals surface area contributed by atoms with Crippen LogP contribution in [-0.4, -0.2) is 77.6 Å². The second kappa shape index (κ2) is 10.8. The maximum absolute atomic E-state index is 7.38. The van der Waals surface area contributed by atoms with E-state index in [0.29, 0.717) is 0 Å². The Balaban J connectivity index is -0.0000000267. The van der Waals surface area contributed by atoms with Gasteiger partial charge in [-0.25, -0.2) is 0 Å². The van der Waals surface area contributed by atoms with Crippen LogP contribution in [0.15, 0.2) is 0 Å². The van der Waals surface area contributed by atoms with E-state index < -0.39 is 18.1 Å². The van der Waals surface area contributed by atoms with Crippen molar-refractivity contribution in [2.75, 3.05) is 0 Å². The van der Waals surface area contributed by atoms with Crippen molar-refractivity contribution >= 4 is 62.8 Å². The van der Waals surface area contributed by atoms with E-state index in [1.165, 1.54) is 0 Å². The van der Waals surface area contributed by atoms with Crippen LogP contribution in [0.25, 0.3) is 0 Å². The zero-order chi connectivity index (χ0) is 4.50. The Hall–Kier alpha value is 3.76. The molecule has 4 N–H and O–H groups in total. The molecule has 0 heterocycles. The van der Waals surface area contributed by atoms with Crippen LogP contribution >= 0.6 is 0 Å². The molecule has 0 spiro atoms. The first-order valence-electron chi connectivity index (χ1n) is 0.894. The van der Waals surface area contributed by atoms with Crippen LogP contribution < -0.4 is 0 Å². The van der Waals surface area contributed by atoms with Gasteiger partial charge >= 0.3 is 78.4 Å². The van der Waals surface area contributed by atoms with E-state index in [1.807, 2.05) is 0 Å². The molecule has 0 aromatic rings. The molecule has 0 saturated heterocycles. The van der Waals surface area contributed by atoms with Crippen molar-refractivity contribution in [3.8, 4) is 0 Å². The van der Waals surface area contributed by atoms with Crippen molar-refractivity contribution in [2.24, 2.45) is 0 Å². The van der Waals surface area contributed by atoms with Crippen molar-refractivity contribution in [1.82, 2.24) is 0 Å². The molecule has 0 atom stereocenters. The van der Waals surface area contributed by atoms with Gasteiger partial charge in [0.15, 0.2) is 17.4 Å². The van der Waals surface area contributed by atoms with Crippen LogP contribution in [0.3, 0.4) is 0 Å². The van der Waals surface area contributed by atoms with Gasteiger partial charge in [0.1, 0.15) is 0 Å². The van der Waals surface area contributed by atoms with Crippen molar-refractivity contribution in [3.63, 3.8) is 0 Å². The van der Waals surface area contributed by atoms with Crippen LogP contribution in [0.4, 0.5) is 0 Å². The molecule has 0 bridgehead atoms. The summed E-state index contributed by atoms with van der Waals surface area (Å²) in [7, 11) is 0. The van der Waals surface area contributed by atoms with Gasteiger partial charge in [-0.1, -0.05) is 0 Å². The Labute approximate surface area is 128 Å². The molecule has 0 saturated carbocycles. The fourth-order valence-corrected chi connectivity index (χ4v) is 0. The van der Waals surface area contributed by atoms with Gasteiger partial charge in [-0.2, -0.15) is 0 Å². The molecule has 0 aliphatic carbocycles. The maximum atomic E-state index is 7.38. The molecule has 1 radical (unpaired) electrons. The van der Waals surface area contributed by atoms with E-state index in [4.69, 9.17) is 14.8 Å². The van der Waals surface area contributed by atoms with Gasteiger partial charge in [0, 0.05) is 35.6 Å². The SMILES string of the molecule is [AlH3].[La].[OH][Ti]([OH])([OH])[OH].[SrH2].